The van der Waals surface area contributed by atoms with Crippen molar-refractivity contribution in [2.45, 2.75) is 33.6 Å². The fraction of sp³-hybridized carbons (Fsp3) is 0.500. The summed E-state index contributed by atoms with van der Waals surface area (Å²) in [6, 6.07) is 3.76. The Balaban J connectivity index is 3.24. The second-order valence-corrected chi connectivity index (χ2v) is 4.28. The summed E-state index contributed by atoms with van der Waals surface area (Å²) in [6.45, 7) is 8.23. The molecule has 94 valence electrons. The maximum absolute atomic E-state index is 11.8. The van der Waals surface area contributed by atoms with E-state index in [-0.39, 0.29) is 5.97 Å². The monoisotopic (exact) mass is 236 g/mol. The van der Waals surface area contributed by atoms with Gasteiger partial charge in [0.15, 0.2) is 0 Å². The van der Waals surface area contributed by atoms with Gasteiger partial charge in [-0.3, -0.25) is 0 Å². The number of benzene rings is 1. The minimum atomic E-state index is -0.269. The number of methoxy groups -OCH3 is 1. The summed E-state index contributed by atoms with van der Waals surface area (Å²) in [5.41, 5.74) is 2.53. The quantitative estimate of drug-likeness (QED) is 0.752. The van der Waals surface area contributed by atoms with Gasteiger partial charge >= 0.3 is 5.97 Å². The van der Waals surface area contributed by atoms with Crippen molar-refractivity contribution < 1.29 is 14.3 Å². The molecule has 0 amide bonds. The number of ether oxygens (including phenoxy) is 2. The molecule has 0 atom stereocenters. The molecule has 0 aliphatic rings. The van der Waals surface area contributed by atoms with Gasteiger partial charge in [-0.15, -0.1) is 0 Å². The molecule has 1 aromatic carbocycles. The number of aryl methyl sites for hydroxylation is 1. The van der Waals surface area contributed by atoms with Gasteiger partial charge in [-0.2, -0.15) is 0 Å². The predicted octanol–water partition coefficient (Wildman–Crippen LogP) is 3.30. The summed E-state index contributed by atoms with van der Waals surface area (Å²) in [7, 11) is 1.64. The molecule has 3 heteroatoms. The summed E-state index contributed by atoms with van der Waals surface area (Å²) in [6.07, 6.45) is 0. The van der Waals surface area contributed by atoms with Gasteiger partial charge in [-0.1, -0.05) is 13.8 Å². The Morgan fingerprint density at radius 3 is 2.47 bits per heavy atom. The zero-order valence-electron chi connectivity index (χ0n) is 11.2. The van der Waals surface area contributed by atoms with E-state index in [9.17, 15) is 4.79 Å². The second kappa shape index (κ2) is 5.71. The van der Waals surface area contributed by atoms with Crippen LogP contribution in [0, 0.1) is 6.92 Å². The van der Waals surface area contributed by atoms with E-state index in [2.05, 4.69) is 13.8 Å². The maximum atomic E-state index is 11.8. The summed E-state index contributed by atoms with van der Waals surface area (Å²) < 4.78 is 10.4. The molecule has 1 rings (SSSR count). The van der Waals surface area contributed by atoms with E-state index in [1.165, 1.54) is 0 Å². The van der Waals surface area contributed by atoms with Crippen molar-refractivity contribution in [1.29, 1.82) is 0 Å². The van der Waals surface area contributed by atoms with Crippen molar-refractivity contribution in [1.82, 2.24) is 0 Å². The van der Waals surface area contributed by atoms with Crippen LogP contribution in [0.25, 0.3) is 0 Å². The van der Waals surface area contributed by atoms with E-state index in [0.717, 1.165) is 16.9 Å². The Kier molecular flexibility index (Phi) is 4.55. The Morgan fingerprint density at radius 2 is 2.00 bits per heavy atom. The smallest absolute Gasteiger partial charge is 0.338 e. The first-order valence-electron chi connectivity index (χ1n) is 5.86. The molecule has 0 saturated carbocycles. The first-order valence-corrected chi connectivity index (χ1v) is 5.86. The third-order valence-corrected chi connectivity index (χ3v) is 2.69. The van der Waals surface area contributed by atoms with E-state index in [4.69, 9.17) is 9.47 Å². The van der Waals surface area contributed by atoms with E-state index in [0.29, 0.717) is 18.1 Å². The van der Waals surface area contributed by atoms with Gasteiger partial charge in [0.05, 0.1) is 19.3 Å². The first kappa shape index (κ1) is 13.6. The lowest BCUT2D eigenvalue weighted by molar-refractivity contribution is 0.0525. The van der Waals surface area contributed by atoms with E-state index >= 15 is 0 Å². The number of carbonyl (C=O) groups is 1. The Morgan fingerprint density at radius 1 is 1.35 bits per heavy atom. The van der Waals surface area contributed by atoms with Crippen LogP contribution in [0.3, 0.4) is 0 Å². The van der Waals surface area contributed by atoms with Crippen molar-refractivity contribution >= 4 is 5.97 Å². The molecule has 0 spiro atoms. The van der Waals surface area contributed by atoms with Crippen molar-refractivity contribution in [3.05, 3.63) is 28.8 Å². The molecule has 0 unspecified atom stereocenters. The van der Waals surface area contributed by atoms with Crippen LogP contribution in [0.1, 0.15) is 48.2 Å². The Labute approximate surface area is 103 Å². The lowest BCUT2D eigenvalue weighted by Gasteiger charge is -2.15. The standard InChI is InChI=1S/C14H20O3/c1-6-17-14(15)12-8-11(9(2)3)13(16-5)7-10(12)4/h7-9H,6H2,1-5H3. The summed E-state index contributed by atoms with van der Waals surface area (Å²) >= 11 is 0. The largest absolute Gasteiger partial charge is 0.496 e. The molecule has 0 heterocycles. The molecular formula is C14H20O3. The highest BCUT2D eigenvalue weighted by atomic mass is 16.5. The van der Waals surface area contributed by atoms with Crippen LogP contribution in [-0.4, -0.2) is 19.7 Å². The molecule has 0 saturated heterocycles. The molecule has 17 heavy (non-hydrogen) atoms. The van der Waals surface area contributed by atoms with Gasteiger partial charge in [0, 0.05) is 0 Å². The molecule has 1 aromatic rings. The number of esters is 1. The first-order chi connectivity index (χ1) is 8.01. The normalized spacial score (nSPS) is 10.5. The molecule has 0 fully saturated rings. The molecular weight excluding hydrogens is 216 g/mol. The third-order valence-electron chi connectivity index (χ3n) is 2.69. The van der Waals surface area contributed by atoms with Crippen molar-refractivity contribution in [2.24, 2.45) is 0 Å². The van der Waals surface area contributed by atoms with Crippen LogP contribution < -0.4 is 4.74 Å². The Bertz CT molecular complexity index is 408. The van der Waals surface area contributed by atoms with Crippen LogP contribution in [0.2, 0.25) is 0 Å². The fourth-order valence-corrected chi connectivity index (χ4v) is 1.75. The van der Waals surface area contributed by atoms with Gasteiger partial charge < -0.3 is 9.47 Å². The average Bonchev–Trinajstić information content (AvgIpc) is 2.28. The summed E-state index contributed by atoms with van der Waals surface area (Å²) in [5, 5.41) is 0. The van der Waals surface area contributed by atoms with E-state index in [1.807, 2.05) is 19.1 Å². The van der Waals surface area contributed by atoms with Gasteiger partial charge in [-0.25, -0.2) is 4.79 Å². The minimum Gasteiger partial charge on any atom is -0.496 e. The van der Waals surface area contributed by atoms with Gasteiger partial charge in [-0.05, 0) is 43.0 Å². The number of rotatable bonds is 4. The van der Waals surface area contributed by atoms with Crippen molar-refractivity contribution in [3.8, 4) is 5.75 Å². The second-order valence-electron chi connectivity index (χ2n) is 4.28. The van der Waals surface area contributed by atoms with Gasteiger partial charge in [0.25, 0.3) is 0 Å². The molecule has 0 aliphatic heterocycles. The maximum Gasteiger partial charge on any atom is 0.338 e. The van der Waals surface area contributed by atoms with Crippen LogP contribution in [-0.2, 0) is 4.74 Å². The predicted molar refractivity (Wildman–Crippen MR) is 67.8 cm³/mol. The Hall–Kier alpha value is -1.51. The van der Waals surface area contributed by atoms with Gasteiger partial charge in [0.1, 0.15) is 5.75 Å². The highest BCUT2D eigenvalue weighted by Crippen LogP contribution is 2.29. The van der Waals surface area contributed by atoms with Crippen molar-refractivity contribution in [2.75, 3.05) is 13.7 Å². The summed E-state index contributed by atoms with van der Waals surface area (Å²) in [4.78, 5) is 11.8. The van der Waals surface area contributed by atoms with Crippen LogP contribution in [0.15, 0.2) is 12.1 Å². The number of carbonyl (C=O) groups excluding carboxylic acids is 1. The topological polar surface area (TPSA) is 35.5 Å². The average molecular weight is 236 g/mol. The van der Waals surface area contributed by atoms with E-state index in [1.54, 1.807) is 14.0 Å². The van der Waals surface area contributed by atoms with Crippen LogP contribution >= 0.6 is 0 Å². The van der Waals surface area contributed by atoms with E-state index < -0.39 is 0 Å². The molecule has 0 radical (unpaired) electrons. The van der Waals surface area contributed by atoms with Crippen molar-refractivity contribution in [3.63, 3.8) is 0 Å². The molecule has 0 N–H and O–H groups in total. The molecule has 0 aromatic heterocycles. The highest BCUT2D eigenvalue weighted by Gasteiger charge is 2.16. The third kappa shape index (κ3) is 2.99. The molecule has 3 nitrogen and oxygen atoms in total. The molecule has 0 aliphatic carbocycles. The number of hydrogen-bond acceptors (Lipinski definition) is 3. The van der Waals surface area contributed by atoms with Crippen LogP contribution in [0.5, 0.6) is 5.75 Å². The fourth-order valence-electron chi connectivity index (χ4n) is 1.75. The zero-order valence-corrected chi connectivity index (χ0v) is 11.2. The zero-order chi connectivity index (χ0) is 13.0. The van der Waals surface area contributed by atoms with Crippen LogP contribution in [0.4, 0.5) is 0 Å². The molecule has 0 bridgehead atoms. The lowest BCUT2D eigenvalue weighted by Crippen LogP contribution is -2.08. The summed E-state index contributed by atoms with van der Waals surface area (Å²) in [5.74, 6) is 0.860. The number of hydrogen-bond donors (Lipinski definition) is 0. The minimum absolute atomic E-state index is 0.269. The SMILES string of the molecule is CCOC(=O)c1cc(C(C)C)c(OC)cc1C. The highest BCUT2D eigenvalue weighted by molar-refractivity contribution is 5.91. The van der Waals surface area contributed by atoms with Gasteiger partial charge in [0.2, 0.25) is 0 Å². The lowest BCUT2D eigenvalue weighted by atomic mass is 9.96.